The molecule has 634 valence electrons. The standard InChI is InChI=1S/C73H130N10O27/c1-7-72(5,6)54(90)18-14-22-61(97)83-73(43-104-35-23-58(94)77-29-15-26-74-55(91)19-8-11-32-107-51-38-49(40-84)65(98)68(101)62(51)80-46(2)87,44-105-36-24-59(95)78-30-16-27-75-56(92)20-9-12-33-108-52-39-50(41-85)66(99)69(102)63(52)81-47(3)88)45-106-37-25-60(96)79-31-17-28-76-57(93)21-10-13-34-109-71-64(82-48(4)89)70(103)67(100)53(42-86)110-71/h49-53,62-71,84-86,98-103H,7-45H2,1-6H3,(H,74,91)(H,75,92)(H,76,93)(H,77,94)(H,78,95)(H,79,96)(H,80,87)(H,81,88)(H,82,89)(H,83,97). The lowest BCUT2D eigenvalue weighted by Gasteiger charge is -2.42. The average molecular weight is 1580 g/mol. The smallest absolute Gasteiger partial charge is 0.222 e. The summed E-state index contributed by atoms with van der Waals surface area (Å²) >= 11 is 0. The molecule has 1 saturated heterocycles. The molecule has 0 radical (unpaired) electrons. The van der Waals surface area contributed by atoms with Crippen LogP contribution in [-0.2, 0) is 85.9 Å². The predicted octanol–water partition coefficient (Wildman–Crippen LogP) is -4.18. The van der Waals surface area contributed by atoms with Crippen molar-refractivity contribution >= 4 is 64.9 Å². The molecule has 19 N–H and O–H groups in total. The summed E-state index contributed by atoms with van der Waals surface area (Å²) in [6.45, 7) is 8.63. The summed E-state index contributed by atoms with van der Waals surface area (Å²) < 4.78 is 41.3. The zero-order valence-corrected chi connectivity index (χ0v) is 65.1. The molecule has 0 spiro atoms. The molecule has 110 heavy (non-hydrogen) atoms. The van der Waals surface area contributed by atoms with Gasteiger partial charge in [0.2, 0.25) is 59.1 Å². The van der Waals surface area contributed by atoms with E-state index < -0.39 is 132 Å². The van der Waals surface area contributed by atoms with Crippen molar-refractivity contribution in [2.24, 2.45) is 17.3 Å². The van der Waals surface area contributed by atoms with E-state index in [9.17, 15) is 98.7 Å². The van der Waals surface area contributed by atoms with E-state index in [1.807, 2.05) is 20.8 Å². The number of unbranched alkanes of at least 4 members (excludes halogenated alkanes) is 3. The Kier molecular flexibility index (Phi) is 48.5. The first-order valence-corrected chi connectivity index (χ1v) is 38.8. The van der Waals surface area contributed by atoms with E-state index in [0.29, 0.717) is 64.2 Å². The number of amides is 10. The van der Waals surface area contributed by atoms with Gasteiger partial charge in [0.25, 0.3) is 0 Å². The molecule has 3 aliphatic rings. The quantitative estimate of drug-likeness (QED) is 0.0257. The molecule has 0 aromatic rings. The van der Waals surface area contributed by atoms with Gasteiger partial charge in [0.1, 0.15) is 47.9 Å². The number of ether oxygens (including phenoxy) is 7. The first-order chi connectivity index (χ1) is 52.4. The van der Waals surface area contributed by atoms with Gasteiger partial charge in [-0.15, -0.1) is 0 Å². The van der Waals surface area contributed by atoms with Crippen LogP contribution in [0.15, 0.2) is 0 Å². The maximum Gasteiger partial charge on any atom is 0.222 e. The Morgan fingerprint density at radius 1 is 0.382 bits per heavy atom. The van der Waals surface area contributed by atoms with Gasteiger partial charge < -0.3 is 132 Å². The number of aliphatic hydroxyl groups is 9. The number of carbonyl (C=O) groups is 11. The zero-order valence-electron chi connectivity index (χ0n) is 65.1. The molecular formula is C73H130N10O27. The van der Waals surface area contributed by atoms with Crippen molar-refractivity contribution < 1.29 is 132 Å². The normalized spacial score (nSPS) is 24.5. The second-order valence-corrected chi connectivity index (χ2v) is 29.2. The van der Waals surface area contributed by atoms with Gasteiger partial charge in [0.15, 0.2) is 6.29 Å². The molecule has 10 amide bonds. The van der Waals surface area contributed by atoms with Crippen LogP contribution in [0.5, 0.6) is 0 Å². The topological polar surface area (TPSA) is 555 Å². The van der Waals surface area contributed by atoms with Gasteiger partial charge in [-0.05, 0) is 83.5 Å². The number of aliphatic hydroxyl groups excluding tert-OH is 9. The Labute approximate surface area is 644 Å². The highest BCUT2D eigenvalue weighted by atomic mass is 16.7. The molecule has 1 heterocycles. The van der Waals surface area contributed by atoms with Crippen molar-refractivity contribution in [2.75, 3.05) is 119 Å². The first kappa shape index (κ1) is 97.9. The zero-order chi connectivity index (χ0) is 81.6. The highest BCUT2D eigenvalue weighted by Crippen LogP contribution is 2.31. The van der Waals surface area contributed by atoms with E-state index in [2.05, 4.69) is 53.2 Å². The molecule has 2 saturated carbocycles. The number of rotatable bonds is 58. The van der Waals surface area contributed by atoms with Crippen LogP contribution in [0.3, 0.4) is 0 Å². The molecule has 1 aliphatic heterocycles. The van der Waals surface area contributed by atoms with Crippen molar-refractivity contribution in [1.29, 1.82) is 0 Å². The van der Waals surface area contributed by atoms with E-state index in [1.54, 1.807) is 0 Å². The molecule has 3 rings (SSSR count). The second kappa shape index (κ2) is 54.5. The molecule has 15 unspecified atom stereocenters. The van der Waals surface area contributed by atoms with Crippen LogP contribution >= 0.6 is 0 Å². The van der Waals surface area contributed by atoms with E-state index in [0.717, 1.165) is 0 Å². The van der Waals surface area contributed by atoms with E-state index in [-0.39, 0.29) is 224 Å². The highest BCUT2D eigenvalue weighted by Gasteiger charge is 2.47. The van der Waals surface area contributed by atoms with E-state index >= 15 is 0 Å². The fraction of sp³-hybridized carbons (Fsp3) is 0.849. The third-order valence-corrected chi connectivity index (χ3v) is 19.5. The summed E-state index contributed by atoms with van der Waals surface area (Å²) in [4.78, 5) is 139. The monoisotopic (exact) mass is 1580 g/mol. The van der Waals surface area contributed by atoms with E-state index in [1.165, 1.54) is 20.8 Å². The fourth-order valence-corrected chi connectivity index (χ4v) is 12.6. The number of Topliss-reactive ketones (excluding diaryl/α,β-unsaturated/α-hetero) is 1. The SMILES string of the molecule is CCC(C)(C)C(=O)CCCC(=O)NC(COCCC(=O)NCCCNC(=O)CCCCOC1CC(CO)C(O)C(O)C1NC(C)=O)(COCCC(=O)NCCCNC(=O)CCCCOC1CC(CO)C(O)C(O)C1NC(C)=O)COCCC(=O)NCCCNC(=O)CCCCOC1OC(CO)C(O)C(O)C1NC(C)=O. The molecular weight excluding hydrogens is 1450 g/mol. The van der Waals surface area contributed by atoms with Crippen molar-refractivity contribution in [3.63, 3.8) is 0 Å². The van der Waals surface area contributed by atoms with Crippen molar-refractivity contribution in [3.8, 4) is 0 Å². The minimum Gasteiger partial charge on any atom is -0.396 e. The summed E-state index contributed by atoms with van der Waals surface area (Å²) in [7, 11) is 0. The summed E-state index contributed by atoms with van der Waals surface area (Å²) in [6.07, 6.45) is -6.40. The third-order valence-electron chi connectivity index (χ3n) is 19.5. The maximum absolute atomic E-state index is 13.9. The maximum atomic E-state index is 13.9. The van der Waals surface area contributed by atoms with Crippen molar-refractivity contribution in [2.45, 2.75) is 261 Å². The van der Waals surface area contributed by atoms with Crippen molar-refractivity contribution in [1.82, 2.24) is 53.2 Å². The molecule has 2 aliphatic carbocycles. The lowest BCUT2D eigenvalue weighted by atomic mass is 9.79. The Balaban J connectivity index is 1.54. The molecule has 3 fully saturated rings. The summed E-state index contributed by atoms with van der Waals surface area (Å²) in [5.74, 6) is -4.93. The van der Waals surface area contributed by atoms with Crippen LogP contribution < -0.4 is 53.2 Å². The minimum absolute atomic E-state index is 0.0138. The molecule has 37 nitrogen and oxygen atoms in total. The lowest BCUT2D eigenvalue weighted by molar-refractivity contribution is -0.270. The Morgan fingerprint density at radius 3 is 1.06 bits per heavy atom. The Hall–Kier alpha value is -6.27. The van der Waals surface area contributed by atoms with Gasteiger partial charge in [-0.3, -0.25) is 52.7 Å². The first-order valence-electron chi connectivity index (χ1n) is 38.8. The van der Waals surface area contributed by atoms with Gasteiger partial charge >= 0.3 is 0 Å². The third kappa shape index (κ3) is 38.5. The van der Waals surface area contributed by atoms with Gasteiger partial charge in [0.05, 0.1) is 82.7 Å². The molecule has 37 heteroatoms. The molecule has 0 bridgehead atoms. The van der Waals surface area contributed by atoms with Gasteiger partial charge in [-0.25, -0.2) is 0 Å². The predicted molar refractivity (Wildman–Crippen MR) is 394 cm³/mol. The van der Waals surface area contributed by atoms with Gasteiger partial charge in [0, 0.05) is 162 Å². The lowest BCUT2D eigenvalue weighted by Crippen LogP contribution is -2.64. The van der Waals surface area contributed by atoms with Crippen molar-refractivity contribution in [3.05, 3.63) is 0 Å². The Bertz CT molecular complexity index is 2520. The van der Waals surface area contributed by atoms with Crippen LogP contribution in [0.2, 0.25) is 0 Å². The second-order valence-electron chi connectivity index (χ2n) is 29.2. The number of hydrogen-bond acceptors (Lipinski definition) is 27. The van der Waals surface area contributed by atoms with Crippen LogP contribution in [-0.4, -0.2) is 314 Å². The van der Waals surface area contributed by atoms with Gasteiger partial charge in [-0.2, -0.15) is 0 Å². The average Bonchev–Trinajstić information content (AvgIpc) is 0.819. The summed E-state index contributed by atoms with van der Waals surface area (Å²) in [5.41, 5.74) is -2.07. The summed E-state index contributed by atoms with van der Waals surface area (Å²) in [6, 6.07) is -2.84. The van der Waals surface area contributed by atoms with Crippen LogP contribution in [0.25, 0.3) is 0 Å². The summed E-state index contributed by atoms with van der Waals surface area (Å²) in [5, 5.41) is 119. The highest BCUT2D eigenvalue weighted by molar-refractivity contribution is 5.85. The van der Waals surface area contributed by atoms with E-state index in [4.69, 9.17) is 33.2 Å². The van der Waals surface area contributed by atoms with Crippen LogP contribution in [0.1, 0.15) is 176 Å². The van der Waals surface area contributed by atoms with Crippen LogP contribution in [0.4, 0.5) is 0 Å². The number of nitrogens with one attached hydrogen (secondary N) is 10. The number of carbonyl (C=O) groups excluding carboxylic acids is 11. The minimum atomic E-state index is -1.47. The van der Waals surface area contributed by atoms with Gasteiger partial charge in [-0.1, -0.05) is 20.8 Å². The number of hydrogen-bond donors (Lipinski definition) is 19. The molecule has 0 aromatic carbocycles. The Morgan fingerprint density at radius 2 is 0.718 bits per heavy atom. The molecule has 0 aromatic heterocycles. The largest absolute Gasteiger partial charge is 0.396 e. The number of ketones is 1. The molecule has 15 atom stereocenters. The van der Waals surface area contributed by atoms with Crippen LogP contribution in [0, 0.1) is 17.3 Å². The fourth-order valence-electron chi connectivity index (χ4n) is 12.6.